The van der Waals surface area contributed by atoms with Crippen LogP contribution in [-0.4, -0.2) is 24.0 Å². The summed E-state index contributed by atoms with van der Waals surface area (Å²) < 4.78 is 0. The summed E-state index contributed by atoms with van der Waals surface area (Å²) in [4.78, 5) is 6.00. The van der Waals surface area contributed by atoms with Crippen molar-refractivity contribution >= 4 is 12.4 Å². The Hall–Kier alpha value is -1.82. The molecule has 0 saturated heterocycles. The van der Waals surface area contributed by atoms with Crippen LogP contribution < -0.4 is 0 Å². The molecule has 0 amide bonds. The van der Waals surface area contributed by atoms with Gasteiger partial charge in [-0.2, -0.15) is 0 Å². The zero-order valence-electron chi connectivity index (χ0n) is 11.1. The first-order valence-electron chi connectivity index (χ1n) is 5.85. The fourth-order valence-corrected chi connectivity index (χ4v) is 1.76. The van der Waals surface area contributed by atoms with Crippen molar-refractivity contribution in [2.24, 2.45) is 0 Å². The van der Waals surface area contributed by atoms with Crippen LogP contribution in [-0.2, 0) is 0 Å². The molecule has 3 heteroatoms. The number of benzene rings is 1. The summed E-state index contributed by atoms with van der Waals surface area (Å²) in [7, 11) is 3.91. The largest absolute Gasteiger partial charge is 0.292 e. The van der Waals surface area contributed by atoms with Crippen LogP contribution in [0.5, 0.6) is 0 Å². The fraction of sp³-hybridized carbons (Fsp3) is 0.188. The highest BCUT2D eigenvalue weighted by atomic mass is 35.5. The van der Waals surface area contributed by atoms with Crippen molar-refractivity contribution in [1.29, 1.82) is 0 Å². The summed E-state index contributed by atoms with van der Waals surface area (Å²) >= 11 is 0. The quantitative estimate of drug-likeness (QED) is 0.665. The second-order valence-electron chi connectivity index (χ2n) is 4.40. The zero-order valence-corrected chi connectivity index (χ0v) is 11.9. The Morgan fingerprint density at radius 1 is 1.16 bits per heavy atom. The third kappa shape index (κ3) is 4.10. The maximum atomic E-state index is 5.39. The molecule has 1 aromatic rings. The van der Waals surface area contributed by atoms with Gasteiger partial charge in [-0.05, 0) is 42.9 Å². The van der Waals surface area contributed by atoms with E-state index in [0.29, 0.717) is 0 Å². The van der Waals surface area contributed by atoms with E-state index in [-0.39, 0.29) is 18.4 Å². The Bertz CT molecular complexity index is 541. The molecule has 1 atom stereocenters. The number of terminal acetylenes is 1. The highest BCUT2D eigenvalue weighted by Crippen LogP contribution is 2.32. The molecule has 98 valence electrons. The number of hydrogen-bond acceptors (Lipinski definition) is 2. The third-order valence-corrected chi connectivity index (χ3v) is 2.79. The second-order valence-corrected chi connectivity index (χ2v) is 4.40. The molecule has 1 heterocycles. The van der Waals surface area contributed by atoms with Crippen LogP contribution in [0.3, 0.4) is 0 Å². The monoisotopic (exact) mass is 272 g/mol. The first-order valence-corrected chi connectivity index (χ1v) is 5.85. The van der Waals surface area contributed by atoms with Crippen molar-refractivity contribution in [3.63, 3.8) is 0 Å². The Morgan fingerprint density at radius 3 is 2.16 bits per heavy atom. The molecule has 2 aliphatic rings. The van der Waals surface area contributed by atoms with Gasteiger partial charge in [0.05, 0.1) is 6.04 Å². The Morgan fingerprint density at radius 2 is 1.84 bits per heavy atom. The van der Waals surface area contributed by atoms with Crippen LogP contribution in [0.4, 0.5) is 0 Å². The molecule has 1 aromatic heterocycles. The second kappa shape index (κ2) is 6.94. The smallest absolute Gasteiger partial charge is 0.0978 e. The van der Waals surface area contributed by atoms with Gasteiger partial charge in [0.15, 0.2) is 0 Å². The first kappa shape index (κ1) is 15.2. The highest BCUT2D eigenvalue weighted by molar-refractivity contribution is 5.85. The van der Waals surface area contributed by atoms with E-state index in [1.807, 2.05) is 31.1 Å². The molecule has 2 nitrogen and oxygen atoms in total. The molecule has 3 rings (SSSR count). The third-order valence-electron chi connectivity index (χ3n) is 2.79. The van der Waals surface area contributed by atoms with Gasteiger partial charge in [-0.15, -0.1) is 18.8 Å². The Labute approximate surface area is 120 Å². The minimum Gasteiger partial charge on any atom is -0.292 e. The van der Waals surface area contributed by atoms with Crippen LogP contribution in [0.2, 0.25) is 0 Å². The van der Waals surface area contributed by atoms with Gasteiger partial charge in [-0.25, -0.2) is 0 Å². The summed E-state index contributed by atoms with van der Waals surface area (Å²) in [6.45, 7) is 0. The summed E-state index contributed by atoms with van der Waals surface area (Å²) in [5.41, 5.74) is 3.91. The molecule has 0 bridgehead atoms. The van der Waals surface area contributed by atoms with E-state index in [1.54, 1.807) is 12.4 Å². The van der Waals surface area contributed by atoms with Gasteiger partial charge in [0.1, 0.15) is 0 Å². The summed E-state index contributed by atoms with van der Waals surface area (Å²) in [5, 5.41) is 0. The summed E-state index contributed by atoms with van der Waals surface area (Å²) in [6, 6.07) is 12.4. The van der Waals surface area contributed by atoms with Gasteiger partial charge < -0.3 is 0 Å². The molecule has 2 aliphatic carbocycles. The lowest BCUT2D eigenvalue weighted by atomic mass is 10.1. The highest BCUT2D eigenvalue weighted by Gasteiger charge is 2.09. The predicted molar refractivity (Wildman–Crippen MR) is 82.2 cm³/mol. The van der Waals surface area contributed by atoms with Crippen molar-refractivity contribution in [1.82, 2.24) is 9.88 Å². The molecule has 0 saturated carbocycles. The van der Waals surface area contributed by atoms with E-state index < -0.39 is 0 Å². The molecule has 19 heavy (non-hydrogen) atoms. The summed E-state index contributed by atoms with van der Waals surface area (Å²) in [6.07, 6.45) is 8.93. The normalized spacial score (nSPS) is 11.5. The van der Waals surface area contributed by atoms with Gasteiger partial charge in [0.25, 0.3) is 0 Å². The van der Waals surface area contributed by atoms with Crippen LogP contribution in [0.15, 0.2) is 48.8 Å². The number of hydrogen-bond donors (Lipinski definition) is 0. The number of aromatic nitrogens is 1. The molecule has 0 aromatic carbocycles. The van der Waals surface area contributed by atoms with Crippen LogP contribution >= 0.6 is 12.4 Å². The standard InChI is InChI=1S/C10H12N2.C6H4.ClH/c1-4-10(12(2)3)9-6-5-7-11-8-9;1-2-5-4-6(5)3-1;/h1,5-8,10H,2-3H3;1-4H;1H. The van der Waals surface area contributed by atoms with E-state index >= 15 is 0 Å². The Kier molecular flexibility index (Phi) is 5.57. The average molecular weight is 273 g/mol. The molecule has 0 radical (unpaired) electrons. The molecule has 0 spiro atoms. The lowest BCUT2D eigenvalue weighted by Crippen LogP contribution is -2.18. The number of halogens is 1. The van der Waals surface area contributed by atoms with E-state index in [1.165, 1.54) is 11.1 Å². The SMILES string of the molecule is C#CC(c1cccnc1)N(C)C.Cl.c1cc2cc-2c1. The maximum Gasteiger partial charge on any atom is 0.0978 e. The van der Waals surface area contributed by atoms with Crippen molar-refractivity contribution in [3.05, 3.63) is 54.4 Å². The lowest BCUT2D eigenvalue weighted by Gasteiger charge is -2.18. The van der Waals surface area contributed by atoms with Gasteiger partial charge in [-0.3, -0.25) is 9.88 Å². The van der Waals surface area contributed by atoms with Gasteiger partial charge in [0.2, 0.25) is 0 Å². The number of pyridine rings is 1. The minimum absolute atomic E-state index is 0. The van der Waals surface area contributed by atoms with Crippen molar-refractivity contribution in [3.8, 4) is 23.5 Å². The van der Waals surface area contributed by atoms with Crippen molar-refractivity contribution < 1.29 is 0 Å². The van der Waals surface area contributed by atoms with Crippen molar-refractivity contribution in [2.45, 2.75) is 6.04 Å². The zero-order chi connectivity index (χ0) is 13.0. The van der Waals surface area contributed by atoms with Crippen LogP contribution in [0, 0.1) is 12.3 Å². The molecule has 1 unspecified atom stereocenters. The van der Waals surface area contributed by atoms with Crippen LogP contribution in [0.25, 0.3) is 11.1 Å². The van der Waals surface area contributed by atoms with E-state index in [9.17, 15) is 0 Å². The predicted octanol–water partition coefficient (Wildman–Crippen LogP) is 3.41. The lowest BCUT2D eigenvalue weighted by molar-refractivity contribution is 0.360. The number of nitrogens with zero attached hydrogens (tertiary/aromatic N) is 2. The molecule has 0 fully saturated rings. The molecular weight excluding hydrogens is 256 g/mol. The van der Waals surface area contributed by atoms with Crippen LogP contribution in [0.1, 0.15) is 11.6 Å². The topological polar surface area (TPSA) is 16.1 Å². The van der Waals surface area contributed by atoms with E-state index in [2.05, 4.69) is 35.2 Å². The number of rotatable bonds is 2. The minimum atomic E-state index is 0. The molecular formula is C16H17ClN2. The first-order chi connectivity index (χ1) is 8.72. The van der Waals surface area contributed by atoms with Gasteiger partial charge in [-0.1, -0.05) is 30.2 Å². The van der Waals surface area contributed by atoms with Gasteiger partial charge >= 0.3 is 0 Å². The average Bonchev–Trinajstić information content (AvgIpc) is 2.98. The fourth-order valence-electron chi connectivity index (χ4n) is 1.76. The maximum absolute atomic E-state index is 5.39. The van der Waals surface area contributed by atoms with E-state index in [4.69, 9.17) is 6.42 Å². The van der Waals surface area contributed by atoms with E-state index in [0.717, 1.165) is 5.56 Å². The molecule has 0 aliphatic heterocycles. The van der Waals surface area contributed by atoms with Gasteiger partial charge in [0, 0.05) is 12.4 Å². The molecule has 0 N–H and O–H groups in total. The van der Waals surface area contributed by atoms with Crippen molar-refractivity contribution in [2.75, 3.05) is 14.1 Å². The number of fused-ring (bicyclic) bond motifs is 1. The summed E-state index contributed by atoms with van der Waals surface area (Å²) in [5.74, 6) is 2.70. The Balaban J connectivity index is 0.000000214.